The van der Waals surface area contributed by atoms with Crippen molar-refractivity contribution in [2.24, 2.45) is 5.16 Å². The van der Waals surface area contributed by atoms with Crippen LogP contribution < -0.4 is 4.90 Å². The van der Waals surface area contributed by atoms with Crippen molar-refractivity contribution in [2.45, 2.75) is 56.6 Å². The van der Waals surface area contributed by atoms with Crippen molar-refractivity contribution in [3.8, 4) is 0 Å². The first-order valence-corrected chi connectivity index (χ1v) is 12.4. The smallest absolute Gasteiger partial charge is 0.410 e. The van der Waals surface area contributed by atoms with Crippen LogP contribution in [0.1, 0.15) is 39.5 Å². The summed E-state index contributed by atoms with van der Waals surface area (Å²) in [6.45, 7) is 5.98. The Balaban J connectivity index is 1.47. The molecule has 2 saturated heterocycles. The second kappa shape index (κ2) is 9.84. The van der Waals surface area contributed by atoms with Gasteiger partial charge in [0.15, 0.2) is 9.84 Å². The van der Waals surface area contributed by atoms with Gasteiger partial charge in [-0.15, -0.1) is 0 Å². The highest BCUT2D eigenvalue weighted by Crippen LogP contribution is 2.25. The molecule has 0 atom stereocenters. The summed E-state index contributed by atoms with van der Waals surface area (Å²) in [5, 5.41) is 4.30. The van der Waals surface area contributed by atoms with Gasteiger partial charge in [-0.3, -0.25) is 0 Å². The Morgan fingerprint density at radius 2 is 1.81 bits per heavy atom. The molecule has 0 unspecified atom stereocenters. The van der Waals surface area contributed by atoms with Gasteiger partial charge in [-0.25, -0.2) is 17.6 Å². The summed E-state index contributed by atoms with van der Waals surface area (Å²) in [6.07, 6.45) is 3.30. The Hall–Kier alpha value is -2.36. The highest BCUT2D eigenvalue weighted by molar-refractivity contribution is 7.90. The summed E-state index contributed by atoms with van der Waals surface area (Å²) in [7, 11) is -3.44. The molecule has 1 amide bonds. The molecule has 0 saturated carbocycles. The molecule has 0 aliphatic carbocycles. The molecule has 172 valence electrons. The van der Waals surface area contributed by atoms with Gasteiger partial charge in [-0.2, -0.15) is 0 Å². The van der Waals surface area contributed by atoms with Gasteiger partial charge in [0.05, 0.1) is 22.4 Å². The molecule has 2 heterocycles. The molecule has 31 heavy (non-hydrogen) atoms. The third-order valence-electron chi connectivity index (χ3n) is 5.40. The molecule has 0 bridgehead atoms. The summed E-state index contributed by atoms with van der Waals surface area (Å²) >= 11 is 0. The maximum Gasteiger partial charge on any atom is 0.410 e. The molecular weight excluding hydrogens is 425 g/mol. The van der Waals surface area contributed by atoms with Crippen LogP contribution in [-0.4, -0.2) is 69.8 Å². The average Bonchev–Trinajstić information content (AvgIpc) is 2.72. The van der Waals surface area contributed by atoms with Gasteiger partial charge < -0.3 is 19.4 Å². The molecule has 3 rings (SSSR count). The summed E-state index contributed by atoms with van der Waals surface area (Å²) in [5.41, 5.74) is 1.32. The summed E-state index contributed by atoms with van der Waals surface area (Å²) in [5.74, 6) is -0.540. The van der Waals surface area contributed by atoms with Crippen LogP contribution in [0.3, 0.4) is 0 Å². The van der Waals surface area contributed by atoms with Crippen LogP contribution >= 0.6 is 0 Å². The standard InChI is InChI=1S/C21H30FN3O5S/c1-15(2)29-21(26)25-12-8-17(9-13-25)30-23-16-6-10-24(11-7-16)20-5-4-18(14-19(20)22)31(3,27)28/h4-5,14-15,17H,6-13H2,1-3H3. The Bertz CT molecular complexity index is 917. The van der Waals surface area contributed by atoms with Crippen molar-refractivity contribution >= 4 is 27.3 Å². The molecular formula is C21H30FN3O5S. The Morgan fingerprint density at radius 1 is 1.16 bits per heavy atom. The fourth-order valence-corrected chi connectivity index (χ4v) is 4.27. The maximum absolute atomic E-state index is 14.4. The molecule has 0 radical (unpaired) electrons. The number of oxime groups is 1. The van der Waals surface area contributed by atoms with Crippen LogP contribution in [0.25, 0.3) is 0 Å². The van der Waals surface area contributed by atoms with E-state index in [9.17, 15) is 17.6 Å². The maximum atomic E-state index is 14.4. The summed E-state index contributed by atoms with van der Waals surface area (Å²) in [4.78, 5) is 21.2. The number of nitrogens with zero attached hydrogens (tertiary/aromatic N) is 3. The quantitative estimate of drug-likeness (QED) is 0.634. The first-order chi connectivity index (χ1) is 14.6. The number of hydrogen-bond donors (Lipinski definition) is 0. The van der Waals surface area contributed by atoms with Crippen molar-refractivity contribution in [3.63, 3.8) is 0 Å². The van der Waals surface area contributed by atoms with E-state index in [4.69, 9.17) is 9.57 Å². The van der Waals surface area contributed by atoms with E-state index in [2.05, 4.69) is 5.16 Å². The van der Waals surface area contributed by atoms with Gasteiger partial charge in [0.1, 0.15) is 11.9 Å². The molecule has 2 fully saturated rings. The largest absolute Gasteiger partial charge is 0.447 e. The van der Waals surface area contributed by atoms with Crippen molar-refractivity contribution in [1.82, 2.24) is 4.90 Å². The fraction of sp³-hybridized carbons (Fsp3) is 0.619. The normalized spacial score (nSPS) is 18.3. The number of anilines is 1. The van der Waals surface area contributed by atoms with Crippen LogP contribution in [0.2, 0.25) is 0 Å². The van der Waals surface area contributed by atoms with Gasteiger partial charge in [0.2, 0.25) is 0 Å². The van der Waals surface area contributed by atoms with Gasteiger partial charge in [0.25, 0.3) is 0 Å². The Morgan fingerprint density at radius 3 is 2.35 bits per heavy atom. The number of benzene rings is 1. The van der Waals surface area contributed by atoms with E-state index >= 15 is 0 Å². The van der Waals surface area contributed by atoms with Crippen molar-refractivity contribution in [3.05, 3.63) is 24.0 Å². The number of piperidine rings is 2. The topological polar surface area (TPSA) is 88.5 Å². The van der Waals surface area contributed by atoms with Crippen molar-refractivity contribution in [2.75, 3.05) is 37.3 Å². The minimum atomic E-state index is -3.44. The molecule has 0 spiro atoms. The molecule has 0 N–H and O–H groups in total. The van der Waals surface area contributed by atoms with E-state index in [1.54, 1.807) is 4.90 Å². The van der Waals surface area contributed by atoms with E-state index < -0.39 is 15.7 Å². The van der Waals surface area contributed by atoms with Crippen LogP contribution in [-0.2, 0) is 19.4 Å². The third-order valence-corrected chi connectivity index (χ3v) is 6.51. The van der Waals surface area contributed by atoms with Gasteiger partial charge in [-0.05, 0) is 32.0 Å². The zero-order valence-corrected chi connectivity index (χ0v) is 19.0. The number of carbonyl (C=O) groups excluding carboxylic acids is 1. The number of likely N-dealkylation sites (tertiary alicyclic amines) is 1. The minimum Gasteiger partial charge on any atom is -0.447 e. The highest BCUT2D eigenvalue weighted by atomic mass is 32.2. The first-order valence-electron chi connectivity index (χ1n) is 10.5. The zero-order chi connectivity index (χ0) is 22.6. The van der Waals surface area contributed by atoms with E-state index in [1.165, 1.54) is 12.1 Å². The summed E-state index contributed by atoms with van der Waals surface area (Å²) < 4.78 is 42.8. The fourth-order valence-electron chi connectivity index (χ4n) is 3.64. The van der Waals surface area contributed by atoms with E-state index in [0.717, 1.165) is 18.0 Å². The molecule has 10 heteroatoms. The minimum absolute atomic E-state index is 0.0232. The average molecular weight is 456 g/mol. The van der Waals surface area contributed by atoms with Gasteiger partial charge in [-0.1, -0.05) is 5.16 Å². The lowest BCUT2D eigenvalue weighted by molar-refractivity contribution is 0.00415. The molecule has 2 aliphatic rings. The number of rotatable bonds is 5. The molecule has 1 aromatic carbocycles. The van der Waals surface area contributed by atoms with E-state index in [-0.39, 0.29) is 23.2 Å². The molecule has 8 nitrogen and oxygen atoms in total. The predicted octanol–water partition coefficient (Wildman–Crippen LogP) is 3.21. The number of halogens is 1. The Kier molecular flexibility index (Phi) is 7.40. The SMILES string of the molecule is CC(C)OC(=O)N1CCC(ON=C2CCN(c3ccc(S(C)(=O)=O)cc3F)CC2)CC1. The Labute approximate surface area is 182 Å². The molecule has 2 aliphatic heterocycles. The number of sulfone groups is 1. The lowest BCUT2D eigenvalue weighted by atomic mass is 10.1. The van der Waals surface area contributed by atoms with Crippen LogP contribution in [0.15, 0.2) is 28.3 Å². The number of ether oxygens (including phenoxy) is 1. The van der Waals surface area contributed by atoms with E-state index in [0.29, 0.717) is 57.5 Å². The van der Waals surface area contributed by atoms with Gasteiger partial charge in [0, 0.05) is 58.1 Å². The monoisotopic (exact) mass is 455 g/mol. The summed E-state index contributed by atoms with van der Waals surface area (Å²) in [6, 6.07) is 4.02. The second-order valence-corrected chi connectivity index (χ2v) is 10.3. The lowest BCUT2D eigenvalue weighted by Crippen LogP contribution is -2.41. The number of hydrogen-bond acceptors (Lipinski definition) is 7. The van der Waals surface area contributed by atoms with Crippen LogP contribution in [0.4, 0.5) is 14.9 Å². The predicted molar refractivity (Wildman–Crippen MR) is 116 cm³/mol. The first kappa shape index (κ1) is 23.3. The second-order valence-electron chi connectivity index (χ2n) is 8.25. The molecule has 0 aromatic heterocycles. The van der Waals surface area contributed by atoms with Crippen LogP contribution in [0, 0.1) is 5.82 Å². The van der Waals surface area contributed by atoms with Gasteiger partial charge >= 0.3 is 6.09 Å². The molecule has 1 aromatic rings. The number of amides is 1. The third kappa shape index (κ3) is 6.32. The van der Waals surface area contributed by atoms with Crippen LogP contribution in [0.5, 0.6) is 0 Å². The number of carbonyl (C=O) groups is 1. The van der Waals surface area contributed by atoms with Crippen molar-refractivity contribution in [1.29, 1.82) is 0 Å². The highest BCUT2D eigenvalue weighted by Gasteiger charge is 2.26. The lowest BCUT2D eigenvalue weighted by Gasteiger charge is -2.32. The van der Waals surface area contributed by atoms with E-state index in [1.807, 2.05) is 18.7 Å². The zero-order valence-electron chi connectivity index (χ0n) is 18.2. The van der Waals surface area contributed by atoms with Crippen molar-refractivity contribution < 1.29 is 27.2 Å².